The minimum Gasteiger partial charge on any atom is -0.478 e. The molecule has 0 fully saturated rings. The zero-order valence-corrected chi connectivity index (χ0v) is 23.3. The molecular weight excluding hydrogens is 634 g/mol. The molecular formula is C34H16F6O7. The number of fused-ring (bicyclic) bond motifs is 6. The molecule has 0 heterocycles. The molecule has 0 amide bonds. The molecule has 0 spiro atoms. The zero-order valence-electron chi connectivity index (χ0n) is 23.3. The van der Waals surface area contributed by atoms with Gasteiger partial charge in [0.1, 0.15) is 0 Å². The van der Waals surface area contributed by atoms with Crippen molar-refractivity contribution in [3.63, 3.8) is 0 Å². The largest absolute Gasteiger partial charge is 0.478 e. The first-order valence-corrected chi connectivity index (χ1v) is 13.4. The first-order chi connectivity index (χ1) is 22.1. The Morgan fingerprint density at radius 1 is 0.489 bits per heavy atom. The summed E-state index contributed by atoms with van der Waals surface area (Å²) in [5.41, 5.74) is -4.00. The number of carbonyl (C=O) groups excluding carboxylic acids is 2. The van der Waals surface area contributed by atoms with Crippen LogP contribution in [0, 0.1) is 0 Å². The van der Waals surface area contributed by atoms with Gasteiger partial charge in [0.15, 0.2) is 0 Å². The minimum atomic E-state index is -4.73. The maximum Gasteiger partial charge on any atom is 0.416 e. The minimum absolute atomic E-state index is 0.0361. The van der Waals surface area contributed by atoms with E-state index in [0.29, 0.717) is 0 Å². The molecule has 6 rings (SSSR count). The quantitative estimate of drug-likeness (QED) is 0.0848. The van der Waals surface area contributed by atoms with Gasteiger partial charge in [-0.3, -0.25) is 0 Å². The lowest BCUT2D eigenvalue weighted by Crippen LogP contribution is -2.15. The predicted molar refractivity (Wildman–Crippen MR) is 157 cm³/mol. The predicted octanol–water partition coefficient (Wildman–Crippen LogP) is 8.73. The fourth-order valence-electron chi connectivity index (χ4n) is 5.64. The van der Waals surface area contributed by atoms with E-state index in [9.17, 15) is 55.7 Å². The smallest absolute Gasteiger partial charge is 0.416 e. The van der Waals surface area contributed by atoms with E-state index in [1.165, 1.54) is 24.3 Å². The number of benzene rings is 6. The molecule has 0 aliphatic heterocycles. The molecule has 2 N–H and O–H groups in total. The van der Waals surface area contributed by atoms with Gasteiger partial charge in [0.05, 0.1) is 33.4 Å². The van der Waals surface area contributed by atoms with Crippen LogP contribution in [0.4, 0.5) is 26.3 Å². The molecule has 47 heavy (non-hydrogen) atoms. The molecule has 6 aromatic rings. The number of carbonyl (C=O) groups is 4. The van der Waals surface area contributed by atoms with E-state index in [0.717, 1.165) is 60.7 Å². The van der Waals surface area contributed by atoms with Crippen LogP contribution in [-0.2, 0) is 17.1 Å². The van der Waals surface area contributed by atoms with Crippen LogP contribution in [0.25, 0.3) is 43.1 Å². The molecule has 13 heteroatoms. The Kier molecular flexibility index (Phi) is 7.15. The van der Waals surface area contributed by atoms with E-state index in [-0.39, 0.29) is 43.1 Å². The summed E-state index contributed by atoms with van der Waals surface area (Å²) >= 11 is 0. The van der Waals surface area contributed by atoms with Gasteiger partial charge in [-0.05, 0) is 80.8 Å². The number of esters is 2. The Morgan fingerprint density at radius 2 is 0.872 bits per heavy atom. The molecule has 7 nitrogen and oxygen atoms in total. The number of alkyl halides is 6. The normalized spacial score (nSPS) is 12.1. The van der Waals surface area contributed by atoms with Crippen LogP contribution in [0.1, 0.15) is 52.6 Å². The van der Waals surface area contributed by atoms with Crippen molar-refractivity contribution in [1.29, 1.82) is 0 Å². The van der Waals surface area contributed by atoms with E-state index in [2.05, 4.69) is 0 Å². The molecule has 236 valence electrons. The zero-order chi connectivity index (χ0) is 34.0. The van der Waals surface area contributed by atoms with E-state index < -0.39 is 69.6 Å². The van der Waals surface area contributed by atoms with Crippen molar-refractivity contribution in [1.82, 2.24) is 0 Å². The molecule has 0 aliphatic rings. The third kappa shape index (κ3) is 5.35. The number of hydrogen-bond acceptors (Lipinski definition) is 5. The highest BCUT2D eigenvalue weighted by Gasteiger charge is 2.32. The molecule has 0 radical (unpaired) electrons. The second-order valence-electron chi connectivity index (χ2n) is 10.5. The summed E-state index contributed by atoms with van der Waals surface area (Å²) in [6, 6.07) is 14.7. The number of carboxylic acid groups (broad SMARTS) is 2. The first-order valence-electron chi connectivity index (χ1n) is 13.4. The number of rotatable bonds is 4. The Morgan fingerprint density at radius 3 is 1.21 bits per heavy atom. The van der Waals surface area contributed by atoms with Crippen LogP contribution in [0.15, 0.2) is 84.9 Å². The molecule has 0 aliphatic carbocycles. The summed E-state index contributed by atoms with van der Waals surface area (Å²) in [5.74, 6) is -5.89. The Balaban J connectivity index is 1.51. The van der Waals surface area contributed by atoms with E-state index in [4.69, 9.17) is 4.74 Å². The second kappa shape index (κ2) is 10.8. The number of halogens is 6. The summed E-state index contributed by atoms with van der Waals surface area (Å²) in [5, 5.41) is 19.3. The molecule has 6 aromatic carbocycles. The van der Waals surface area contributed by atoms with Crippen LogP contribution in [0.3, 0.4) is 0 Å². The first kappa shape index (κ1) is 31.0. The van der Waals surface area contributed by atoms with Crippen molar-refractivity contribution in [2.45, 2.75) is 12.4 Å². The maximum atomic E-state index is 13.5. The van der Waals surface area contributed by atoms with Crippen molar-refractivity contribution < 1.29 is 60.5 Å². The fraction of sp³-hybridized carbons (Fsp3) is 0.0588. The third-order valence-corrected chi connectivity index (χ3v) is 7.69. The highest BCUT2D eigenvalue weighted by molar-refractivity contribution is 6.24. The van der Waals surface area contributed by atoms with Crippen LogP contribution < -0.4 is 0 Å². The fourth-order valence-corrected chi connectivity index (χ4v) is 5.64. The molecule has 0 saturated carbocycles. The summed E-state index contributed by atoms with van der Waals surface area (Å²) in [7, 11) is 0. The van der Waals surface area contributed by atoms with Gasteiger partial charge in [-0.25, -0.2) is 19.2 Å². The van der Waals surface area contributed by atoms with Gasteiger partial charge in [0, 0.05) is 10.8 Å². The number of ether oxygens (including phenoxy) is 1. The number of aromatic carboxylic acids is 2. The molecule has 0 atom stereocenters. The van der Waals surface area contributed by atoms with E-state index in [1.54, 1.807) is 0 Å². The monoisotopic (exact) mass is 650 g/mol. The van der Waals surface area contributed by atoms with Crippen LogP contribution >= 0.6 is 0 Å². The SMILES string of the molecule is O=C(O)c1cc2ccc(C(F)(F)F)cc2c2cccc(C(=O)OC(=O)c3cccc4c3c(C(=O)O)cc3ccc(C(F)(F)F)cc34)c12. The van der Waals surface area contributed by atoms with Gasteiger partial charge in [-0.2, -0.15) is 26.3 Å². The maximum absolute atomic E-state index is 13.5. The van der Waals surface area contributed by atoms with Crippen molar-refractivity contribution in [2.75, 3.05) is 0 Å². The molecule has 0 saturated heterocycles. The summed E-state index contributed by atoms with van der Waals surface area (Å²) in [6.07, 6.45) is -9.47. The van der Waals surface area contributed by atoms with Crippen molar-refractivity contribution in [3.8, 4) is 0 Å². The molecule has 0 aromatic heterocycles. The van der Waals surface area contributed by atoms with Gasteiger partial charge < -0.3 is 14.9 Å². The lowest BCUT2D eigenvalue weighted by atomic mass is 9.92. The average Bonchev–Trinajstić information content (AvgIpc) is 3.01. The van der Waals surface area contributed by atoms with Gasteiger partial charge >= 0.3 is 36.2 Å². The van der Waals surface area contributed by atoms with Gasteiger partial charge in [-0.1, -0.05) is 36.4 Å². The van der Waals surface area contributed by atoms with Crippen molar-refractivity contribution >= 4 is 67.0 Å². The number of hydrogen-bond donors (Lipinski definition) is 2. The summed E-state index contributed by atoms with van der Waals surface area (Å²) in [6.45, 7) is 0. The highest BCUT2D eigenvalue weighted by Crippen LogP contribution is 2.38. The van der Waals surface area contributed by atoms with Crippen molar-refractivity contribution in [2.24, 2.45) is 0 Å². The lowest BCUT2D eigenvalue weighted by Gasteiger charge is -2.15. The highest BCUT2D eigenvalue weighted by atomic mass is 19.4. The van der Waals surface area contributed by atoms with Gasteiger partial charge in [-0.15, -0.1) is 0 Å². The standard InChI is InChI=1S/C34H16F6O7/c35-33(36,37)17-9-7-15-11-25(29(41)42)27-19(23(15)13-17)3-1-5-21(27)31(45)47-32(46)22-6-2-4-20-24-14-18(34(38,39)40)10-8-16(24)12-26(28(20)22)30(43)44/h1-14H,(H,41,42)(H,43,44). The molecule has 0 unspecified atom stereocenters. The topological polar surface area (TPSA) is 118 Å². The van der Waals surface area contributed by atoms with Crippen molar-refractivity contribution in [3.05, 3.63) is 118 Å². The molecule has 0 bridgehead atoms. The lowest BCUT2D eigenvalue weighted by molar-refractivity contribution is -0.138. The third-order valence-electron chi connectivity index (χ3n) is 7.69. The Bertz CT molecular complexity index is 2190. The van der Waals surface area contributed by atoms with E-state index >= 15 is 0 Å². The Labute approximate surface area is 258 Å². The summed E-state index contributed by atoms with van der Waals surface area (Å²) < 4.78 is 86.0. The van der Waals surface area contributed by atoms with Crippen LogP contribution in [0.5, 0.6) is 0 Å². The van der Waals surface area contributed by atoms with E-state index in [1.807, 2.05) is 0 Å². The van der Waals surface area contributed by atoms with Gasteiger partial charge in [0.2, 0.25) is 0 Å². The Hall–Kier alpha value is -5.98. The van der Waals surface area contributed by atoms with Crippen LogP contribution in [-0.4, -0.2) is 34.1 Å². The average molecular weight is 650 g/mol. The van der Waals surface area contributed by atoms with Crippen LogP contribution in [0.2, 0.25) is 0 Å². The second-order valence-corrected chi connectivity index (χ2v) is 10.5. The summed E-state index contributed by atoms with van der Waals surface area (Å²) in [4.78, 5) is 51.3. The number of carboxylic acids is 2. The van der Waals surface area contributed by atoms with Gasteiger partial charge in [0.25, 0.3) is 0 Å².